The van der Waals surface area contributed by atoms with Crippen LogP contribution in [-0.2, 0) is 9.59 Å². The summed E-state index contributed by atoms with van der Waals surface area (Å²) in [5.41, 5.74) is 8.79. The van der Waals surface area contributed by atoms with Gasteiger partial charge in [-0.15, -0.1) is 0 Å². The second-order valence-electron chi connectivity index (χ2n) is 5.75. The molecule has 4 amide bonds. The van der Waals surface area contributed by atoms with Crippen LogP contribution < -0.4 is 16.4 Å². The molecule has 0 radical (unpaired) electrons. The number of nitrogens with one attached hydrogen (secondary N) is 2. The molecule has 7 nitrogen and oxygen atoms in total. The molecule has 0 spiro atoms. The van der Waals surface area contributed by atoms with E-state index in [0.29, 0.717) is 0 Å². The molecule has 0 fully saturated rings. The summed E-state index contributed by atoms with van der Waals surface area (Å²) in [4.78, 5) is 36.2. The fourth-order valence-corrected chi connectivity index (χ4v) is 2.46. The van der Waals surface area contributed by atoms with Crippen molar-refractivity contribution >= 4 is 23.5 Å². The lowest BCUT2D eigenvalue weighted by Crippen LogP contribution is -2.48. The minimum atomic E-state index is -0.784. The number of hydrogen-bond acceptors (Lipinski definition) is 3. The molecule has 0 aliphatic heterocycles. The third kappa shape index (κ3) is 5.28. The molecule has 7 heteroatoms. The Morgan fingerprint density at radius 3 is 2.17 bits per heavy atom. The van der Waals surface area contributed by atoms with Gasteiger partial charge < -0.3 is 21.3 Å². The second-order valence-corrected chi connectivity index (χ2v) is 5.75. The number of benzene rings is 1. The summed E-state index contributed by atoms with van der Waals surface area (Å²) in [6, 6.07) is 2.40. The minimum Gasteiger partial charge on any atom is -0.352 e. The number of primary amides is 1. The van der Waals surface area contributed by atoms with Crippen molar-refractivity contribution in [1.29, 1.82) is 0 Å². The highest BCUT2D eigenvalue weighted by atomic mass is 16.2. The lowest BCUT2D eigenvalue weighted by molar-refractivity contribution is -0.134. The molecular formula is C16H24N4O3. The molecule has 1 aromatic carbocycles. The highest BCUT2D eigenvalue weighted by Gasteiger charge is 2.20. The third-order valence-electron chi connectivity index (χ3n) is 3.43. The van der Waals surface area contributed by atoms with E-state index in [2.05, 4.69) is 10.6 Å². The van der Waals surface area contributed by atoms with Gasteiger partial charge in [-0.05, 0) is 38.8 Å². The van der Waals surface area contributed by atoms with E-state index in [-0.39, 0.29) is 12.5 Å². The number of carbonyl (C=O) groups is 3. The Morgan fingerprint density at radius 2 is 1.70 bits per heavy atom. The average molecular weight is 320 g/mol. The maximum atomic E-state index is 12.1. The Bertz CT molecular complexity index is 605. The molecule has 0 saturated carbocycles. The van der Waals surface area contributed by atoms with Crippen molar-refractivity contribution in [2.75, 3.05) is 18.9 Å². The van der Waals surface area contributed by atoms with E-state index in [0.717, 1.165) is 22.4 Å². The number of likely N-dealkylation sites (N-methyl/N-ethyl adjacent to an activating group) is 1. The van der Waals surface area contributed by atoms with E-state index in [4.69, 9.17) is 5.73 Å². The smallest absolute Gasteiger partial charge is 0.312 e. The summed E-state index contributed by atoms with van der Waals surface area (Å²) in [5, 5.41) is 5.11. The first-order valence-electron chi connectivity index (χ1n) is 7.30. The monoisotopic (exact) mass is 320 g/mol. The number of aryl methyl sites for hydroxylation is 3. The average Bonchev–Trinajstić information content (AvgIpc) is 2.41. The van der Waals surface area contributed by atoms with Crippen molar-refractivity contribution < 1.29 is 14.4 Å². The number of carbonyl (C=O) groups excluding carboxylic acids is 3. The van der Waals surface area contributed by atoms with Crippen LogP contribution in [-0.4, -0.2) is 42.4 Å². The molecule has 1 unspecified atom stereocenters. The van der Waals surface area contributed by atoms with Gasteiger partial charge >= 0.3 is 6.03 Å². The predicted molar refractivity (Wildman–Crippen MR) is 89.1 cm³/mol. The van der Waals surface area contributed by atoms with Crippen LogP contribution in [0.2, 0.25) is 0 Å². The molecule has 0 aliphatic rings. The van der Waals surface area contributed by atoms with Gasteiger partial charge in [0.2, 0.25) is 11.8 Å². The highest BCUT2D eigenvalue weighted by Crippen LogP contribution is 2.21. The van der Waals surface area contributed by atoms with E-state index >= 15 is 0 Å². The number of nitrogens with zero attached hydrogens (tertiary/aromatic N) is 1. The normalized spacial score (nSPS) is 11.5. The maximum absolute atomic E-state index is 12.1. The van der Waals surface area contributed by atoms with Gasteiger partial charge in [0.05, 0.1) is 6.54 Å². The number of amides is 4. The van der Waals surface area contributed by atoms with Crippen molar-refractivity contribution in [3.63, 3.8) is 0 Å². The van der Waals surface area contributed by atoms with Crippen molar-refractivity contribution in [2.45, 2.75) is 33.7 Å². The maximum Gasteiger partial charge on any atom is 0.312 e. The fourth-order valence-electron chi connectivity index (χ4n) is 2.46. The number of nitrogens with two attached hydrogens (primary N) is 1. The van der Waals surface area contributed by atoms with Crippen LogP contribution in [0.15, 0.2) is 12.1 Å². The molecular weight excluding hydrogens is 296 g/mol. The zero-order valence-corrected chi connectivity index (χ0v) is 14.2. The Balaban J connectivity index is 2.70. The van der Waals surface area contributed by atoms with Gasteiger partial charge in [-0.2, -0.15) is 0 Å². The number of urea groups is 1. The van der Waals surface area contributed by atoms with E-state index in [1.165, 1.54) is 18.9 Å². The standard InChI is InChI=1S/C16H24N4O3/c1-9-6-10(2)14(11(3)7-9)19-13(21)8-20(5)15(22)12(4)18-16(17)23/h6-7,12H,8H2,1-5H3,(H,19,21)(H3,17,18,23). The largest absolute Gasteiger partial charge is 0.352 e. The molecule has 0 aliphatic carbocycles. The first-order valence-corrected chi connectivity index (χ1v) is 7.30. The topological polar surface area (TPSA) is 105 Å². The van der Waals surface area contributed by atoms with Gasteiger partial charge in [0.25, 0.3) is 0 Å². The molecule has 1 aromatic rings. The van der Waals surface area contributed by atoms with Gasteiger partial charge in [-0.3, -0.25) is 9.59 Å². The number of rotatable bonds is 5. The SMILES string of the molecule is Cc1cc(C)c(NC(=O)CN(C)C(=O)C(C)NC(N)=O)c(C)c1. The Labute approximate surface area is 136 Å². The van der Waals surface area contributed by atoms with Gasteiger partial charge in [-0.25, -0.2) is 4.79 Å². The third-order valence-corrected chi connectivity index (χ3v) is 3.43. The van der Waals surface area contributed by atoms with E-state index in [9.17, 15) is 14.4 Å². The Hall–Kier alpha value is -2.57. The van der Waals surface area contributed by atoms with Crippen LogP contribution in [0.5, 0.6) is 0 Å². The number of anilines is 1. The molecule has 126 valence electrons. The minimum absolute atomic E-state index is 0.115. The van der Waals surface area contributed by atoms with Gasteiger partial charge in [-0.1, -0.05) is 17.7 Å². The van der Waals surface area contributed by atoms with Crippen molar-refractivity contribution in [2.24, 2.45) is 5.73 Å². The molecule has 1 rings (SSSR count). The van der Waals surface area contributed by atoms with Crippen LogP contribution in [0, 0.1) is 20.8 Å². The van der Waals surface area contributed by atoms with Crippen LogP contribution >= 0.6 is 0 Å². The summed E-state index contributed by atoms with van der Waals surface area (Å²) < 4.78 is 0. The lowest BCUT2D eigenvalue weighted by Gasteiger charge is -2.21. The number of hydrogen-bond donors (Lipinski definition) is 3. The quantitative estimate of drug-likeness (QED) is 0.755. The summed E-state index contributed by atoms with van der Waals surface area (Å²) in [7, 11) is 1.50. The first-order chi connectivity index (χ1) is 10.6. The highest BCUT2D eigenvalue weighted by molar-refractivity contribution is 5.96. The van der Waals surface area contributed by atoms with Crippen LogP contribution in [0.25, 0.3) is 0 Å². The molecule has 4 N–H and O–H groups in total. The molecule has 0 saturated heterocycles. The summed E-state index contributed by atoms with van der Waals surface area (Å²) in [6.07, 6.45) is 0. The second kappa shape index (κ2) is 7.62. The van der Waals surface area contributed by atoms with E-state index < -0.39 is 18.0 Å². The fraction of sp³-hybridized carbons (Fsp3) is 0.438. The van der Waals surface area contributed by atoms with E-state index in [1.54, 1.807) is 0 Å². The van der Waals surface area contributed by atoms with Crippen molar-refractivity contribution in [3.8, 4) is 0 Å². The van der Waals surface area contributed by atoms with Crippen LogP contribution in [0.1, 0.15) is 23.6 Å². The van der Waals surface area contributed by atoms with Crippen molar-refractivity contribution in [3.05, 3.63) is 28.8 Å². The predicted octanol–water partition coefficient (Wildman–Crippen LogP) is 1.07. The Kier molecular flexibility index (Phi) is 6.12. The summed E-state index contributed by atoms with van der Waals surface area (Å²) >= 11 is 0. The summed E-state index contributed by atoms with van der Waals surface area (Å²) in [6.45, 7) is 7.23. The molecule has 0 heterocycles. The van der Waals surface area contributed by atoms with Gasteiger partial charge in [0, 0.05) is 12.7 Å². The van der Waals surface area contributed by atoms with Gasteiger partial charge in [0.15, 0.2) is 0 Å². The van der Waals surface area contributed by atoms with Gasteiger partial charge in [0.1, 0.15) is 6.04 Å². The lowest BCUT2D eigenvalue weighted by atomic mass is 10.1. The van der Waals surface area contributed by atoms with E-state index in [1.807, 2.05) is 32.9 Å². The molecule has 0 aromatic heterocycles. The van der Waals surface area contributed by atoms with Crippen molar-refractivity contribution in [1.82, 2.24) is 10.2 Å². The van der Waals surface area contributed by atoms with Crippen LogP contribution in [0.3, 0.4) is 0 Å². The Morgan fingerprint density at radius 1 is 1.17 bits per heavy atom. The summed E-state index contributed by atoms with van der Waals surface area (Å²) in [5.74, 6) is -0.696. The van der Waals surface area contributed by atoms with Crippen LogP contribution in [0.4, 0.5) is 10.5 Å². The molecule has 1 atom stereocenters. The molecule has 0 bridgehead atoms. The molecule has 23 heavy (non-hydrogen) atoms. The zero-order valence-electron chi connectivity index (χ0n) is 14.2. The first kappa shape index (κ1) is 18.5. The zero-order chi connectivity index (χ0) is 17.7.